The number of aromatic amines is 2. The second-order valence-electron chi connectivity index (χ2n) is 8.51. The highest BCUT2D eigenvalue weighted by Crippen LogP contribution is 2.22. The molecular weight excluding hydrogens is 497 g/mol. The molecule has 0 radical (unpaired) electrons. The standard InChI is InChI=1S/C21H26N6O3.C2HF3O2/c1-13(2)18-19-20(26-25-18)21(29)24-16(23-19)11-14-5-3-4-6-15(14)30-12-17(28)27-9-7-22-8-10-27;3-2(4,5)1(6)7/h3-6,13,22H,7-12H2,1-2H3,(H,25,26)(H,23,24,29);(H,6,7). The van der Waals surface area contributed by atoms with Crippen LogP contribution in [0.2, 0.25) is 0 Å². The predicted molar refractivity (Wildman–Crippen MR) is 126 cm³/mol. The van der Waals surface area contributed by atoms with Crippen LogP contribution in [0.15, 0.2) is 29.1 Å². The Bertz CT molecular complexity index is 1300. The molecule has 0 spiro atoms. The molecule has 1 aromatic carbocycles. The lowest BCUT2D eigenvalue weighted by molar-refractivity contribution is -0.192. The van der Waals surface area contributed by atoms with E-state index in [0.717, 1.165) is 24.3 Å². The van der Waals surface area contributed by atoms with Crippen molar-refractivity contribution < 1.29 is 32.6 Å². The number of carboxylic acids is 1. The van der Waals surface area contributed by atoms with Gasteiger partial charge in [0.15, 0.2) is 12.1 Å². The summed E-state index contributed by atoms with van der Waals surface area (Å²) in [5, 5.41) is 17.4. The third-order valence-electron chi connectivity index (χ3n) is 5.46. The number of para-hydroxylation sites is 1. The van der Waals surface area contributed by atoms with Crippen molar-refractivity contribution in [2.24, 2.45) is 0 Å². The van der Waals surface area contributed by atoms with Crippen molar-refractivity contribution in [2.75, 3.05) is 32.8 Å². The van der Waals surface area contributed by atoms with Crippen LogP contribution in [0.5, 0.6) is 5.75 Å². The van der Waals surface area contributed by atoms with E-state index >= 15 is 0 Å². The molecule has 1 amide bonds. The molecule has 1 aliphatic rings. The third-order valence-corrected chi connectivity index (χ3v) is 5.46. The zero-order valence-electron chi connectivity index (χ0n) is 20.2. The van der Waals surface area contributed by atoms with E-state index in [-0.39, 0.29) is 24.0 Å². The molecule has 1 saturated heterocycles. The summed E-state index contributed by atoms with van der Waals surface area (Å²) in [7, 11) is 0. The topological polar surface area (TPSA) is 153 Å². The van der Waals surface area contributed by atoms with Crippen LogP contribution >= 0.6 is 0 Å². The number of aliphatic carboxylic acids is 1. The van der Waals surface area contributed by atoms with Crippen LogP contribution in [-0.2, 0) is 16.0 Å². The van der Waals surface area contributed by atoms with Gasteiger partial charge in [-0.2, -0.15) is 18.3 Å². The summed E-state index contributed by atoms with van der Waals surface area (Å²) in [6.07, 6.45) is -4.70. The Morgan fingerprint density at radius 2 is 1.81 bits per heavy atom. The van der Waals surface area contributed by atoms with Crippen LogP contribution in [0.4, 0.5) is 13.2 Å². The number of halogens is 3. The summed E-state index contributed by atoms with van der Waals surface area (Å²) in [4.78, 5) is 43.0. The van der Waals surface area contributed by atoms with Gasteiger partial charge < -0.3 is 25.0 Å². The number of alkyl halides is 3. The van der Waals surface area contributed by atoms with E-state index in [1.54, 1.807) is 4.90 Å². The number of hydrogen-bond acceptors (Lipinski definition) is 7. The molecule has 14 heteroatoms. The maximum absolute atomic E-state index is 12.4. The first kappa shape index (κ1) is 27.6. The summed E-state index contributed by atoms with van der Waals surface area (Å²) in [6, 6.07) is 7.50. The number of nitrogens with one attached hydrogen (secondary N) is 3. The van der Waals surface area contributed by atoms with Gasteiger partial charge in [0.25, 0.3) is 11.5 Å². The lowest BCUT2D eigenvalue weighted by Crippen LogP contribution is -2.47. The van der Waals surface area contributed by atoms with Gasteiger partial charge in [0.05, 0.1) is 5.69 Å². The highest BCUT2D eigenvalue weighted by molar-refractivity contribution is 5.78. The summed E-state index contributed by atoms with van der Waals surface area (Å²) in [5.74, 6) is -1.48. The third kappa shape index (κ3) is 7.29. The molecule has 11 nitrogen and oxygen atoms in total. The molecule has 0 saturated carbocycles. The zero-order valence-corrected chi connectivity index (χ0v) is 20.2. The number of piperazine rings is 1. The Morgan fingerprint density at radius 1 is 1.16 bits per heavy atom. The summed E-state index contributed by atoms with van der Waals surface area (Å²) in [6.45, 7) is 7.02. The van der Waals surface area contributed by atoms with E-state index < -0.39 is 12.1 Å². The quantitative estimate of drug-likeness (QED) is 0.381. The first-order valence-corrected chi connectivity index (χ1v) is 11.4. The first-order chi connectivity index (χ1) is 17.5. The number of rotatable bonds is 6. The molecule has 37 heavy (non-hydrogen) atoms. The summed E-state index contributed by atoms with van der Waals surface area (Å²) >= 11 is 0. The number of fused-ring (bicyclic) bond motifs is 1. The van der Waals surface area contributed by atoms with Gasteiger partial charge in [-0.1, -0.05) is 32.0 Å². The molecule has 0 bridgehead atoms. The van der Waals surface area contributed by atoms with Crippen LogP contribution in [0.25, 0.3) is 11.0 Å². The highest BCUT2D eigenvalue weighted by atomic mass is 19.4. The fourth-order valence-corrected chi connectivity index (χ4v) is 3.58. The van der Waals surface area contributed by atoms with Gasteiger partial charge >= 0.3 is 12.1 Å². The Hall–Kier alpha value is -3.94. The minimum atomic E-state index is -5.08. The smallest absolute Gasteiger partial charge is 0.483 e. The maximum Gasteiger partial charge on any atom is 0.490 e. The molecule has 1 aliphatic heterocycles. The Labute approximate surface area is 209 Å². The minimum Gasteiger partial charge on any atom is -0.483 e. The second kappa shape index (κ2) is 11.9. The number of carbonyl (C=O) groups is 2. The largest absolute Gasteiger partial charge is 0.490 e. The number of nitrogens with zero attached hydrogens (tertiary/aromatic N) is 3. The number of hydrogen-bond donors (Lipinski definition) is 4. The van der Waals surface area contributed by atoms with Crippen molar-refractivity contribution in [2.45, 2.75) is 32.4 Å². The number of ether oxygens (including phenoxy) is 1. The molecule has 2 aromatic heterocycles. The van der Waals surface area contributed by atoms with Gasteiger partial charge in [0.2, 0.25) is 0 Å². The molecule has 1 fully saturated rings. The summed E-state index contributed by atoms with van der Waals surface area (Å²) in [5.41, 5.74) is 2.32. The number of benzene rings is 1. The van der Waals surface area contributed by atoms with E-state index in [0.29, 0.717) is 42.1 Å². The maximum atomic E-state index is 12.4. The average molecular weight is 525 g/mol. The molecule has 0 atom stereocenters. The van der Waals surface area contributed by atoms with Gasteiger partial charge in [0, 0.05) is 38.2 Å². The van der Waals surface area contributed by atoms with Crippen LogP contribution in [0.3, 0.4) is 0 Å². The number of H-pyrrole nitrogens is 2. The molecule has 0 aliphatic carbocycles. The first-order valence-electron chi connectivity index (χ1n) is 11.4. The van der Waals surface area contributed by atoms with Crippen molar-refractivity contribution in [3.05, 3.63) is 51.7 Å². The fraction of sp³-hybridized carbons (Fsp3) is 0.435. The SMILES string of the molecule is CC(C)c1[nH]nc2c(=O)[nH]c(Cc3ccccc3OCC(=O)N3CCNCC3)nc12.O=C(O)C(F)(F)F. The average Bonchev–Trinajstić information content (AvgIpc) is 3.28. The number of amides is 1. The molecule has 3 aromatic rings. The Balaban J connectivity index is 0.000000479. The minimum absolute atomic E-state index is 0.0147. The van der Waals surface area contributed by atoms with Gasteiger partial charge in [-0.25, -0.2) is 9.78 Å². The van der Waals surface area contributed by atoms with Gasteiger partial charge in [-0.3, -0.25) is 14.7 Å². The monoisotopic (exact) mass is 524 g/mol. The molecule has 4 rings (SSSR count). The van der Waals surface area contributed by atoms with E-state index in [2.05, 4.69) is 25.5 Å². The molecule has 4 N–H and O–H groups in total. The van der Waals surface area contributed by atoms with E-state index in [4.69, 9.17) is 14.6 Å². The lowest BCUT2D eigenvalue weighted by Gasteiger charge is -2.27. The van der Waals surface area contributed by atoms with Crippen molar-refractivity contribution in [1.82, 2.24) is 30.4 Å². The molecule has 3 heterocycles. The second-order valence-corrected chi connectivity index (χ2v) is 8.51. The Morgan fingerprint density at radius 3 is 2.43 bits per heavy atom. The van der Waals surface area contributed by atoms with Gasteiger partial charge in [-0.05, 0) is 12.0 Å². The van der Waals surface area contributed by atoms with E-state index in [1.165, 1.54) is 0 Å². The predicted octanol–water partition coefficient (Wildman–Crippen LogP) is 1.80. The zero-order chi connectivity index (χ0) is 27.2. The highest BCUT2D eigenvalue weighted by Gasteiger charge is 2.38. The van der Waals surface area contributed by atoms with Crippen molar-refractivity contribution in [3.8, 4) is 5.75 Å². The van der Waals surface area contributed by atoms with Crippen LogP contribution in [0.1, 0.15) is 36.8 Å². The fourth-order valence-electron chi connectivity index (χ4n) is 3.58. The summed E-state index contributed by atoms with van der Waals surface area (Å²) < 4.78 is 37.6. The van der Waals surface area contributed by atoms with E-state index in [1.807, 2.05) is 38.1 Å². The van der Waals surface area contributed by atoms with Crippen molar-refractivity contribution >= 4 is 22.9 Å². The molecular formula is C23H27F3N6O5. The lowest BCUT2D eigenvalue weighted by atomic mass is 10.1. The molecule has 0 unspecified atom stereocenters. The van der Waals surface area contributed by atoms with Crippen LogP contribution in [0, 0.1) is 0 Å². The van der Waals surface area contributed by atoms with Gasteiger partial charge in [-0.15, -0.1) is 0 Å². The van der Waals surface area contributed by atoms with Gasteiger partial charge in [0.1, 0.15) is 17.1 Å². The van der Waals surface area contributed by atoms with Crippen LogP contribution < -0.4 is 15.6 Å². The number of carbonyl (C=O) groups excluding carboxylic acids is 1. The van der Waals surface area contributed by atoms with Crippen molar-refractivity contribution in [1.29, 1.82) is 0 Å². The normalized spacial score (nSPS) is 13.8. The molecule has 200 valence electrons. The Kier molecular flexibility index (Phi) is 8.86. The number of aromatic nitrogens is 4. The van der Waals surface area contributed by atoms with Crippen molar-refractivity contribution in [3.63, 3.8) is 0 Å². The number of carboxylic acid groups (broad SMARTS) is 1. The van der Waals surface area contributed by atoms with E-state index in [9.17, 15) is 22.8 Å². The van der Waals surface area contributed by atoms with Crippen LogP contribution in [-0.4, -0.2) is 81.0 Å².